The zero-order valence-electron chi connectivity index (χ0n) is 7.36. The van der Waals surface area contributed by atoms with Gasteiger partial charge in [0.25, 0.3) is 5.97 Å². The first-order valence-electron chi connectivity index (χ1n) is 2.93. The van der Waals surface area contributed by atoms with Crippen molar-refractivity contribution in [3.05, 3.63) is 0 Å². The van der Waals surface area contributed by atoms with Crippen molar-refractivity contribution in [2.24, 2.45) is 0 Å². The van der Waals surface area contributed by atoms with Gasteiger partial charge in [-0.25, -0.2) is 4.79 Å². The Morgan fingerprint density at radius 2 is 1.12 bits per heavy atom. The number of carbonyl (C=O) groups is 2. The van der Waals surface area contributed by atoms with Crippen LogP contribution in [0.15, 0.2) is 0 Å². The van der Waals surface area contributed by atoms with Crippen LogP contribution in [0, 0.1) is 0 Å². The predicted molar refractivity (Wildman–Crippen MR) is 56.2 cm³/mol. The summed E-state index contributed by atoms with van der Waals surface area (Å²) < 4.78 is 31.7. The predicted octanol–water partition coefficient (Wildman–Crippen LogP) is 3.10. The summed E-state index contributed by atoms with van der Waals surface area (Å²) in [7, 11) is 20.1. The van der Waals surface area contributed by atoms with Crippen LogP contribution in [0.2, 0.25) is 0 Å². The molecule has 0 saturated heterocycles. The Bertz CT molecular complexity index is 218. The van der Waals surface area contributed by atoms with Gasteiger partial charge in [-0.2, -0.15) is 13.2 Å². The van der Waals surface area contributed by atoms with Gasteiger partial charge in [0.2, 0.25) is 0 Å². The van der Waals surface area contributed by atoms with E-state index in [-0.39, 0.29) is 0 Å². The second kappa shape index (κ2) is 9.69. The second-order valence-electron chi connectivity index (χ2n) is 1.75. The van der Waals surface area contributed by atoms with Crippen molar-refractivity contribution in [2.75, 3.05) is 0 Å². The molecule has 0 aromatic carbocycles. The van der Waals surface area contributed by atoms with E-state index in [0.29, 0.717) is 0 Å². The fraction of sp³-hybridized carbons (Fsp3) is 0.500. The van der Waals surface area contributed by atoms with E-state index >= 15 is 0 Å². The first-order valence-corrected chi connectivity index (χ1v) is 17.4. The molecular formula is C4H5Cl4F3O4Sn. The fourth-order valence-corrected chi connectivity index (χ4v) is 0. The number of carboxylic acids is 2. The Morgan fingerprint density at radius 3 is 1.12 bits per heavy atom. The van der Waals surface area contributed by atoms with Gasteiger partial charge < -0.3 is 10.2 Å². The summed E-state index contributed by atoms with van der Waals surface area (Å²) in [6.07, 6.45) is -5.08. The number of halogens is 7. The topological polar surface area (TPSA) is 74.6 Å². The summed E-state index contributed by atoms with van der Waals surface area (Å²) in [5.74, 6) is -3.59. The Hall–Kier alpha value is 0.689. The van der Waals surface area contributed by atoms with E-state index in [2.05, 4.69) is 0 Å². The molecule has 98 valence electrons. The van der Waals surface area contributed by atoms with Gasteiger partial charge in [-0.15, -0.1) is 0 Å². The molecule has 0 aliphatic carbocycles. The van der Waals surface area contributed by atoms with Gasteiger partial charge in [0.1, 0.15) is 0 Å². The molecule has 0 rings (SSSR count). The zero-order chi connectivity index (χ0) is 14.2. The van der Waals surface area contributed by atoms with Crippen LogP contribution in [0.5, 0.6) is 0 Å². The van der Waals surface area contributed by atoms with E-state index in [1.165, 1.54) is 0 Å². The maximum absolute atomic E-state index is 10.6. The molecule has 0 aromatic heterocycles. The molecular weight excluding hydrogens is 430 g/mol. The third-order valence-electron chi connectivity index (χ3n) is 0.243. The van der Waals surface area contributed by atoms with Crippen molar-refractivity contribution in [3.8, 4) is 0 Å². The SMILES string of the molecule is CC(=O)O.O=C(O)C(F)(F)F.[Cl][Sn]([Cl])([Cl])[Cl]. The van der Waals surface area contributed by atoms with E-state index in [4.69, 9.17) is 55.5 Å². The number of carboxylic acid groups (broad SMARTS) is 2. The molecule has 12 heteroatoms. The Kier molecular flexibility index (Phi) is 13.3. The quantitative estimate of drug-likeness (QED) is 0.575. The summed E-state index contributed by atoms with van der Waals surface area (Å²) in [6.45, 7) is 1.08. The fourth-order valence-electron chi connectivity index (χ4n) is 0. The Morgan fingerprint density at radius 1 is 1.06 bits per heavy atom. The molecule has 0 fully saturated rings. The first-order chi connectivity index (χ1) is 6.68. The molecule has 0 aromatic rings. The summed E-state index contributed by atoms with van der Waals surface area (Å²) in [4.78, 5) is 17.9. The van der Waals surface area contributed by atoms with E-state index in [1.807, 2.05) is 0 Å². The molecule has 0 saturated carbocycles. The normalized spacial score (nSPS) is 10.2. The van der Waals surface area contributed by atoms with Gasteiger partial charge in [0, 0.05) is 6.92 Å². The molecule has 2 N–H and O–H groups in total. The van der Waals surface area contributed by atoms with Crippen molar-refractivity contribution in [3.63, 3.8) is 0 Å². The Balaban J connectivity index is -0.000000166. The van der Waals surface area contributed by atoms with Gasteiger partial charge in [-0.3, -0.25) is 4.79 Å². The molecule has 0 bridgehead atoms. The summed E-state index contributed by atoms with van der Waals surface area (Å²) >= 11 is -3.29. The minimum absolute atomic E-state index is 0.833. The van der Waals surface area contributed by atoms with E-state index in [1.54, 1.807) is 0 Å². The van der Waals surface area contributed by atoms with Crippen molar-refractivity contribution >= 4 is 61.5 Å². The average molecular weight is 435 g/mol. The van der Waals surface area contributed by atoms with Gasteiger partial charge in [-0.1, -0.05) is 0 Å². The number of aliphatic carboxylic acids is 2. The molecule has 0 atom stereocenters. The van der Waals surface area contributed by atoms with Crippen LogP contribution in [0.3, 0.4) is 0 Å². The van der Waals surface area contributed by atoms with Gasteiger partial charge in [0.05, 0.1) is 0 Å². The van der Waals surface area contributed by atoms with E-state index in [9.17, 15) is 13.2 Å². The van der Waals surface area contributed by atoms with Crippen LogP contribution < -0.4 is 0 Å². The third-order valence-corrected chi connectivity index (χ3v) is 0.243. The van der Waals surface area contributed by atoms with Crippen molar-refractivity contribution in [1.82, 2.24) is 0 Å². The van der Waals surface area contributed by atoms with Crippen LogP contribution in [0.4, 0.5) is 13.2 Å². The van der Waals surface area contributed by atoms with Crippen molar-refractivity contribution in [2.45, 2.75) is 13.1 Å². The maximum atomic E-state index is 10.6. The molecule has 0 heterocycles. The number of alkyl halides is 3. The molecule has 0 radical (unpaired) electrons. The first kappa shape index (κ1) is 21.9. The average Bonchev–Trinajstić information content (AvgIpc) is 1.77. The molecule has 16 heavy (non-hydrogen) atoms. The van der Waals surface area contributed by atoms with Crippen LogP contribution in [-0.2, 0) is 9.59 Å². The molecule has 4 nitrogen and oxygen atoms in total. The number of hydrogen-bond acceptors (Lipinski definition) is 2. The van der Waals surface area contributed by atoms with Gasteiger partial charge in [-0.05, 0) is 0 Å². The van der Waals surface area contributed by atoms with Crippen LogP contribution in [0.25, 0.3) is 0 Å². The molecule has 0 spiro atoms. The van der Waals surface area contributed by atoms with Gasteiger partial charge in [0.15, 0.2) is 0 Å². The standard InChI is InChI=1S/C2HF3O2.C2H4O2.4ClH.Sn/c3-2(4,5)1(6)7;1-2(3)4;;;;;/h(H,6,7);1H3,(H,3,4);4*1H;/q;;;;;;+4/p-4. The van der Waals surface area contributed by atoms with Gasteiger partial charge >= 0.3 is 61.7 Å². The van der Waals surface area contributed by atoms with Crippen LogP contribution >= 0.6 is 35.7 Å². The second-order valence-corrected chi connectivity index (χ2v) is 27.2. The molecule has 0 amide bonds. The van der Waals surface area contributed by atoms with E-state index < -0.39 is 32.0 Å². The van der Waals surface area contributed by atoms with Crippen molar-refractivity contribution in [1.29, 1.82) is 0 Å². The van der Waals surface area contributed by atoms with E-state index in [0.717, 1.165) is 6.92 Å². The minimum atomic E-state index is -5.08. The zero-order valence-corrected chi connectivity index (χ0v) is 13.2. The molecule has 0 unspecified atom stereocenters. The third kappa shape index (κ3) is 61.5. The van der Waals surface area contributed by atoms with Crippen LogP contribution in [0.1, 0.15) is 6.92 Å². The van der Waals surface area contributed by atoms with Crippen molar-refractivity contribution < 1.29 is 33.0 Å². The summed E-state index contributed by atoms with van der Waals surface area (Å²) in [6, 6.07) is 0. The Labute approximate surface area is 107 Å². The summed E-state index contributed by atoms with van der Waals surface area (Å²) in [5, 5.41) is 14.5. The number of rotatable bonds is 0. The monoisotopic (exact) mass is 434 g/mol. The molecule has 0 aliphatic rings. The summed E-state index contributed by atoms with van der Waals surface area (Å²) in [5.41, 5.74) is 0. The number of hydrogen-bond donors (Lipinski definition) is 2. The van der Waals surface area contributed by atoms with Crippen LogP contribution in [-0.4, -0.2) is 42.2 Å². The molecule has 0 aliphatic heterocycles.